The molecule has 72 valence electrons. The highest BCUT2D eigenvalue weighted by atomic mass is 16.5. The summed E-state index contributed by atoms with van der Waals surface area (Å²) in [4.78, 5) is 11.4. The molecule has 1 unspecified atom stereocenters. The summed E-state index contributed by atoms with van der Waals surface area (Å²) in [6.45, 7) is 6.67. The monoisotopic (exact) mass is 172 g/mol. The number of ether oxygens (including phenoxy) is 1. The van der Waals surface area contributed by atoms with Crippen molar-refractivity contribution >= 4 is 5.78 Å². The van der Waals surface area contributed by atoms with Gasteiger partial charge in [-0.3, -0.25) is 4.79 Å². The predicted octanol–water partition coefficient (Wildman–Crippen LogP) is 2.56. The van der Waals surface area contributed by atoms with E-state index in [1.54, 1.807) is 0 Å². The molecule has 0 bridgehead atoms. The quantitative estimate of drug-likeness (QED) is 0.590. The first-order chi connectivity index (χ1) is 5.76. The highest BCUT2D eigenvalue weighted by molar-refractivity contribution is 5.82. The molecule has 0 aliphatic carbocycles. The summed E-state index contributed by atoms with van der Waals surface area (Å²) in [5, 5.41) is 0. The molecule has 0 N–H and O–H groups in total. The van der Waals surface area contributed by atoms with Gasteiger partial charge in [-0.2, -0.15) is 0 Å². The third kappa shape index (κ3) is 4.50. The maximum Gasteiger partial charge on any atom is 0.161 e. The molecular weight excluding hydrogens is 152 g/mol. The lowest BCUT2D eigenvalue weighted by Gasteiger charge is -2.13. The standard InChI is InChI=1S/C10H20O2/c1-4-7-9(11)10(8-5-2)12-6-3/h10H,4-8H2,1-3H3. The summed E-state index contributed by atoms with van der Waals surface area (Å²) in [6, 6.07) is 0. The molecule has 0 aromatic carbocycles. The van der Waals surface area contributed by atoms with Gasteiger partial charge in [0.05, 0.1) is 0 Å². The van der Waals surface area contributed by atoms with Crippen molar-refractivity contribution in [3.63, 3.8) is 0 Å². The van der Waals surface area contributed by atoms with E-state index in [0.717, 1.165) is 19.3 Å². The van der Waals surface area contributed by atoms with Crippen molar-refractivity contribution in [3.05, 3.63) is 0 Å². The van der Waals surface area contributed by atoms with E-state index < -0.39 is 0 Å². The number of hydrogen-bond donors (Lipinski definition) is 0. The number of carbonyl (C=O) groups excluding carboxylic acids is 1. The molecule has 0 spiro atoms. The van der Waals surface area contributed by atoms with Crippen LogP contribution < -0.4 is 0 Å². The largest absolute Gasteiger partial charge is 0.371 e. The van der Waals surface area contributed by atoms with Crippen molar-refractivity contribution in [1.29, 1.82) is 0 Å². The van der Waals surface area contributed by atoms with E-state index in [1.165, 1.54) is 0 Å². The van der Waals surface area contributed by atoms with E-state index >= 15 is 0 Å². The van der Waals surface area contributed by atoms with Crippen LogP contribution in [0.2, 0.25) is 0 Å². The van der Waals surface area contributed by atoms with Crippen LogP contribution in [-0.2, 0) is 9.53 Å². The fourth-order valence-electron chi connectivity index (χ4n) is 1.21. The molecule has 1 atom stereocenters. The smallest absolute Gasteiger partial charge is 0.161 e. The number of rotatable bonds is 7. The number of ketones is 1. The zero-order valence-electron chi connectivity index (χ0n) is 8.43. The van der Waals surface area contributed by atoms with Gasteiger partial charge in [-0.1, -0.05) is 20.3 Å². The normalized spacial score (nSPS) is 12.9. The lowest BCUT2D eigenvalue weighted by Crippen LogP contribution is -2.23. The Kier molecular flexibility index (Phi) is 7.06. The van der Waals surface area contributed by atoms with E-state index in [-0.39, 0.29) is 11.9 Å². The topological polar surface area (TPSA) is 26.3 Å². The predicted molar refractivity (Wildman–Crippen MR) is 50.2 cm³/mol. The van der Waals surface area contributed by atoms with Gasteiger partial charge < -0.3 is 4.74 Å². The molecule has 0 rings (SSSR count). The Hall–Kier alpha value is -0.370. The van der Waals surface area contributed by atoms with E-state index in [1.807, 2.05) is 13.8 Å². The summed E-state index contributed by atoms with van der Waals surface area (Å²) >= 11 is 0. The maximum atomic E-state index is 11.4. The lowest BCUT2D eigenvalue weighted by molar-refractivity contribution is -0.130. The molecule has 0 aromatic heterocycles. The second-order valence-electron chi connectivity index (χ2n) is 2.95. The second kappa shape index (κ2) is 7.29. The zero-order valence-corrected chi connectivity index (χ0v) is 8.43. The molecule has 0 heterocycles. The molecular formula is C10H20O2. The minimum atomic E-state index is -0.139. The van der Waals surface area contributed by atoms with Gasteiger partial charge in [0.25, 0.3) is 0 Å². The molecule has 0 radical (unpaired) electrons. The van der Waals surface area contributed by atoms with Gasteiger partial charge in [-0.25, -0.2) is 0 Å². The maximum absolute atomic E-state index is 11.4. The van der Waals surface area contributed by atoms with Gasteiger partial charge in [0.15, 0.2) is 5.78 Å². The average Bonchev–Trinajstić information content (AvgIpc) is 2.04. The lowest BCUT2D eigenvalue weighted by atomic mass is 10.1. The minimum absolute atomic E-state index is 0.139. The Labute approximate surface area is 75.3 Å². The SMILES string of the molecule is CCCC(=O)C(CCC)OCC. The third-order valence-electron chi connectivity index (χ3n) is 1.77. The fourth-order valence-corrected chi connectivity index (χ4v) is 1.21. The second-order valence-corrected chi connectivity index (χ2v) is 2.95. The number of carbonyl (C=O) groups is 1. The van der Waals surface area contributed by atoms with Crippen molar-refractivity contribution in [1.82, 2.24) is 0 Å². The minimum Gasteiger partial charge on any atom is -0.371 e. The summed E-state index contributed by atoms with van der Waals surface area (Å²) in [5.41, 5.74) is 0. The van der Waals surface area contributed by atoms with Crippen LogP contribution in [0, 0.1) is 0 Å². The fraction of sp³-hybridized carbons (Fsp3) is 0.900. The molecule has 0 aliphatic heterocycles. The molecule has 0 amide bonds. The van der Waals surface area contributed by atoms with E-state index in [0.29, 0.717) is 13.0 Å². The number of Topliss-reactive ketones (excluding diaryl/α,β-unsaturated/α-hetero) is 1. The summed E-state index contributed by atoms with van der Waals surface area (Å²) in [7, 11) is 0. The summed E-state index contributed by atoms with van der Waals surface area (Å²) < 4.78 is 5.35. The van der Waals surface area contributed by atoms with Crippen LogP contribution in [0.1, 0.15) is 46.5 Å². The highest BCUT2D eigenvalue weighted by Crippen LogP contribution is 2.07. The van der Waals surface area contributed by atoms with Crippen LogP contribution in [0.25, 0.3) is 0 Å². The van der Waals surface area contributed by atoms with Crippen molar-refractivity contribution in [2.75, 3.05) is 6.61 Å². The van der Waals surface area contributed by atoms with Crippen LogP contribution in [0.4, 0.5) is 0 Å². The molecule has 2 nitrogen and oxygen atoms in total. The highest BCUT2D eigenvalue weighted by Gasteiger charge is 2.15. The van der Waals surface area contributed by atoms with Crippen molar-refractivity contribution in [2.24, 2.45) is 0 Å². The summed E-state index contributed by atoms with van der Waals surface area (Å²) in [5.74, 6) is 0.265. The first-order valence-electron chi connectivity index (χ1n) is 4.90. The first-order valence-corrected chi connectivity index (χ1v) is 4.90. The molecule has 0 aliphatic rings. The zero-order chi connectivity index (χ0) is 9.40. The Morgan fingerprint density at radius 3 is 2.33 bits per heavy atom. The van der Waals surface area contributed by atoms with E-state index in [9.17, 15) is 4.79 Å². The molecule has 0 saturated carbocycles. The van der Waals surface area contributed by atoms with Crippen molar-refractivity contribution < 1.29 is 9.53 Å². The Balaban J connectivity index is 3.81. The van der Waals surface area contributed by atoms with Crippen molar-refractivity contribution in [3.8, 4) is 0 Å². The van der Waals surface area contributed by atoms with Gasteiger partial charge in [0.1, 0.15) is 6.10 Å². The Morgan fingerprint density at radius 1 is 1.25 bits per heavy atom. The van der Waals surface area contributed by atoms with Crippen LogP contribution in [0.5, 0.6) is 0 Å². The van der Waals surface area contributed by atoms with Crippen LogP contribution in [0.3, 0.4) is 0 Å². The molecule has 2 heteroatoms. The number of hydrogen-bond acceptors (Lipinski definition) is 2. The summed E-state index contributed by atoms with van der Waals surface area (Å²) in [6.07, 6.45) is 3.32. The van der Waals surface area contributed by atoms with Crippen LogP contribution in [-0.4, -0.2) is 18.5 Å². The Morgan fingerprint density at radius 2 is 1.92 bits per heavy atom. The van der Waals surface area contributed by atoms with Crippen LogP contribution in [0.15, 0.2) is 0 Å². The Bertz CT molecular complexity index is 115. The molecule has 0 aromatic rings. The van der Waals surface area contributed by atoms with Gasteiger partial charge >= 0.3 is 0 Å². The molecule has 12 heavy (non-hydrogen) atoms. The van der Waals surface area contributed by atoms with Crippen LogP contribution >= 0.6 is 0 Å². The van der Waals surface area contributed by atoms with Gasteiger partial charge in [-0.05, 0) is 19.8 Å². The first kappa shape index (κ1) is 11.6. The molecule has 0 fully saturated rings. The van der Waals surface area contributed by atoms with Gasteiger partial charge in [0.2, 0.25) is 0 Å². The van der Waals surface area contributed by atoms with Crippen molar-refractivity contribution in [2.45, 2.75) is 52.6 Å². The third-order valence-corrected chi connectivity index (χ3v) is 1.77. The average molecular weight is 172 g/mol. The van der Waals surface area contributed by atoms with Gasteiger partial charge in [-0.15, -0.1) is 0 Å². The van der Waals surface area contributed by atoms with E-state index in [2.05, 4.69) is 6.92 Å². The molecule has 0 saturated heterocycles. The van der Waals surface area contributed by atoms with E-state index in [4.69, 9.17) is 4.74 Å². The van der Waals surface area contributed by atoms with Gasteiger partial charge in [0, 0.05) is 13.0 Å².